The second-order valence-corrected chi connectivity index (χ2v) is 17.4. The van der Waals surface area contributed by atoms with Crippen LogP contribution in [-0.4, -0.2) is 61.8 Å². The maximum atomic E-state index is 14.6. The summed E-state index contributed by atoms with van der Waals surface area (Å²) in [6.07, 6.45) is 10.0. The number of benzene rings is 2. The minimum atomic E-state index is -3.58. The number of rotatable bonds is 5. The van der Waals surface area contributed by atoms with Gasteiger partial charge in [-0.3, -0.25) is 14.3 Å². The summed E-state index contributed by atoms with van der Waals surface area (Å²) in [5.74, 6) is 0.401. The van der Waals surface area contributed by atoms with E-state index in [2.05, 4.69) is 51.3 Å². The summed E-state index contributed by atoms with van der Waals surface area (Å²) in [5.41, 5.74) is 5.65. The highest BCUT2D eigenvalue weighted by Gasteiger charge is 2.44. The van der Waals surface area contributed by atoms with E-state index in [-0.39, 0.29) is 35.6 Å². The average Bonchev–Trinajstić information content (AvgIpc) is 3.39. The van der Waals surface area contributed by atoms with Crippen LogP contribution >= 0.6 is 0 Å². The molecule has 52 heavy (non-hydrogen) atoms. The Labute approximate surface area is 307 Å². The molecule has 2 amide bonds. The van der Waals surface area contributed by atoms with Gasteiger partial charge < -0.3 is 23.5 Å². The lowest BCUT2D eigenvalue weighted by Crippen LogP contribution is -2.49. The van der Waals surface area contributed by atoms with Crippen LogP contribution in [0, 0.1) is 31.6 Å². The first-order valence-corrected chi connectivity index (χ1v) is 20.2. The topological polar surface area (TPSA) is 120 Å². The van der Waals surface area contributed by atoms with Crippen LogP contribution in [0.4, 0.5) is 5.69 Å². The third-order valence-electron chi connectivity index (χ3n) is 11.5. The molecule has 0 radical (unpaired) electrons. The van der Waals surface area contributed by atoms with Crippen molar-refractivity contribution in [3.8, 4) is 5.75 Å². The quantitative estimate of drug-likeness (QED) is 0.276. The van der Waals surface area contributed by atoms with Crippen LogP contribution in [0.1, 0.15) is 88.0 Å². The second kappa shape index (κ2) is 14.8. The molecule has 1 unspecified atom stereocenters. The number of hydrogen-bond donors (Lipinski definition) is 1. The Balaban J connectivity index is 1.29. The van der Waals surface area contributed by atoms with E-state index in [4.69, 9.17) is 18.6 Å². The first kappa shape index (κ1) is 36.4. The number of hydrogen-bond acceptors (Lipinski definition) is 8. The van der Waals surface area contributed by atoms with E-state index < -0.39 is 21.7 Å². The summed E-state index contributed by atoms with van der Waals surface area (Å²) in [6.45, 7) is 8.18. The van der Waals surface area contributed by atoms with Gasteiger partial charge in [0.15, 0.2) is 5.76 Å². The lowest BCUT2D eigenvalue weighted by atomic mass is 9.68. The summed E-state index contributed by atoms with van der Waals surface area (Å²) < 4.78 is 45.1. The molecule has 1 saturated carbocycles. The maximum Gasteiger partial charge on any atom is 0.299 e. The van der Waals surface area contributed by atoms with Crippen molar-refractivity contribution >= 4 is 27.4 Å². The van der Waals surface area contributed by atoms with E-state index in [0.29, 0.717) is 36.2 Å². The fourth-order valence-corrected chi connectivity index (χ4v) is 10.5. The van der Waals surface area contributed by atoms with Crippen LogP contribution in [0.5, 0.6) is 5.75 Å². The van der Waals surface area contributed by atoms with Gasteiger partial charge in [-0.15, -0.1) is 4.36 Å². The van der Waals surface area contributed by atoms with Gasteiger partial charge in [0.2, 0.25) is 0 Å². The highest BCUT2D eigenvalue weighted by atomic mass is 32.2. The SMILES string of the molecule is COCc1oc(C(=O)NS2(=O)=NC(=O)c3ccc4c(c3)N(C[C@@H]3CC[C@H]3[C@@H](OC)/C=C/C[C@H](C)C2)C[C@@]2(CCCc3cc(C)ccc32)CO4)cc1C. The molecular weight excluding hydrogens is 679 g/mol. The number of carbonyl (C=O) groups is 2. The summed E-state index contributed by atoms with van der Waals surface area (Å²) in [6, 6.07) is 13.8. The van der Waals surface area contributed by atoms with Crippen LogP contribution in [-0.2, 0) is 37.8 Å². The Hall–Kier alpha value is -3.93. The van der Waals surface area contributed by atoms with Gasteiger partial charge in [-0.2, -0.15) is 0 Å². The number of methoxy groups -OCH3 is 2. The monoisotopic (exact) mass is 729 g/mol. The third-order valence-corrected chi connectivity index (χ3v) is 13.5. The van der Waals surface area contributed by atoms with Gasteiger partial charge in [-0.05, 0) is 111 Å². The number of aryl methyl sites for hydroxylation is 3. The zero-order chi connectivity index (χ0) is 36.6. The van der Waals surface area contributed by atoms with E-state index in [1.165, 1.54) is 16.7 Å². The van der Waals surface area contributed by atoms with Crippen molar-refractivity contribution in [1.82, 2.24) is 4.72 Å². The fourth-order valence-electron chi connectivity index (χ4n) is 8.63. The van der Waals surface area contributed by atoms with E-state index >= 15 is 0 Å². The first-order valence-electron chi connectivity index (χ1n) is 18.5. The molecule has 3 heterocycles. The largest absolute Gasteiger partial charge is 0.490 e. The molecule has 278 valence electrons. The summed E-state index contributed by atoms with van der Waals surface area (Å²) in [4.78, 5) is 29.9. The van der Waals surface area contributed by atoms with Crippen LogP contribution in [0.3, 0.4) is 0 Å². The highest BCUT2D eigenvalue weighted by Crippen LogP contribution is 2.47. The van der Waals surface area contributed by atoms with Crippen LogP contribution in [0.2, 0.25) is 0 Å². The van der Waals surface area contributed by atoms with Gasteiger partial charge in [0.1, 0.15) is 28.0 Å². The highest BCUT2D eigenvalue weighted by molar-refractivity contribution is 7.92. The fraction of sp³-hybridized carbons (Fsp3) is 0.512. The molecule has 2 aliphatic carbocycles. The number of nitrogens with one attached hydrogen (secondary N) is 1. The number of furan rings is 1. The van der Waals surface area contributed by atoms with E-state index in [1.54, 1.807) is 26.4 Å². The second-order valence-electron chi connectivity index (χ2n) is 15.4. The molecule has 1 aromatic heterocycles. The van der Waals surface area contributed by atoms with E-state index in [1.807, 2.05) is 26.0 Å². The molecule has 1 N–H and O–H groups in total. The van der Waals surface area contributed by atoms with Crippen LogP contribution < -0.4 is 14.4 Å². The van der Waals surface area contributed by atoms with Gasteiger partial charge in [-0.25, -0.2) is 4.21 Å². The minimum Gasteiger partial charge on any atom is -0.490 e. The molecule has 0 saturated heterocycles. The molecule has 7 rings (SSSR count). The molecule has 2 bridgehead atoms. The summed E-state index contributed by atoms with van der Waals surface area (Å²) >= 11 is 0. The zero-order valence-electron chi connectivity index (χ0n) is 30.9. The number of fused-ring (bicyclic) bond motifs is 4. The lowest BCUT2D eigenvalue weighted by Gasteiger charge is -2.46. The molecule has 3 aromatic rings. The molecule has 2 aliphatic heterocycles. The van der Waals surface area contributed by atoms with Crippen molar-refractivity contribution < 1.29 is 32.4 Å². The molecule has 10 nitrogen and oxygen atoms in total. The summed E-state index contributed by atoms with van der Waals surface area (Å²) in [7, 11) is -0.273. The summed E-state index contributed by atoms with van der Waals surface area (Å²) in [5, 5.41) is 0. The van der Waals surface area contributed by atoms with Crippen molar-refractivity contribution in [3.05, 3.63) is 94.0 Å². The minimum absolute atomic E-state index is 0.0150. The third kappa shape index (κ3) is 7.32. The van der Waals surface area contributed by atoms with Crippen LogP contribution in [0.25, 0.3) is 0 Å². The van der Waals surface area contributed by atoms with Crippen molar-refractivity contribution in [2.24, 2.45) is 22.1 Å². The van der Waals surface area contributed by atoms with E-state index in [9.17, 15) is 13.8 Å². The molecule has 6 atom stereocenters. The normalized spacial score (nSPS) is 29.5. The molecule has 11 heteroatoms. The van der Waals surface area contributed by atoms with Gasteiger partial charge in [-0.1, -0.05) is 42.8 Å². The Kier molecular flexibility index (Phi) is 10.4. The van der Waals surface area contributed by atoms with Crippen molar-refractivity contribution in [2.75, 3.05) is 44.6 Å². The molecule has 1 spiro atoms. The molecule has 4 aliphatic rings. The Morgan fingerprint density at radius 2 is 1.98 bits per heavy atom. The Bertz CT molecular complexity index is 1990. The first-order chi connectivity index (χ1) is 25.0. The Morgan fingerprint density at radius 3 is 2.75 bits per heavy atom. The number of allylic oxidation sites excluding steroid dienone is 1. The van der Waals surface area contributed by atoms with Gasteiger partial charge in [0.05, 0.1) is 24.2 Å². The average molecular weight is 730 g/mol. The smallest absolute Gasteiger partial charge is 0.299 e. The number of nitrogens with zero attached hydrogens (tertiary/aromatic N) is 2. The number of amides is 2. The van der Waals surface area contributed by atoms with Crippen LogP contribution in [0.15, 0.2) is 63.4 Å². The number of carbonyl (C=O) groups excluding carboxylic acids is 2. The van der Waals surface area contributed by atoms with E-state index in [0.717, 1.165) is 62.2 Å². The van der Waals surface area contributed by atoms with Crippen molar-refractivity contribution in [2.45, 2.75) is 77.4 Å². The van der Waals surface area contributed by atoms with Crippen molar-refractivity contribution in [1.29, 1.82) is 0 Å². The predicted octanol–water partition coefficient (Wildman–Crippen LogP) is 7.11. The maximum absolute atomic E-state index is 14.6. The molecule has 1 fully saturated rings. The zero-order valence-corrected chi connectivity index (χ0v) is 31.8. The number of anilines is 1. The predicted molar refractivity (Wildman–Crippen MR) is 201 cm³/mol. The number of ether oxygens (including phenoxy) is 3. The Morgan fingerprint density at radius 1 is 1.13 bits per heavy atom. The van der Waals surface area contributed by atoms with Gasteiger partial charge in [0.25, 0.3) is 11.8 Å². The van der Waals surface area contributed by atoms with Gasteiger partial charge in [0, 0.05) is 38.3 Å². The van der Waals surface area contributed by atoms with Crippen molar-refractivity contribution in [3.63, 3.8) is 0 Å². The molecular formula is C41H51N3O7S. The molecule has 2 aromatic carbocycles. The lowest BCUT2D eigenvalue weighted by molar-refractivity contribution is 0.0131. The standard InChI is InChI=1S/C41H51N3O7S/c1-26-11-15-33-29(18-26)9-7-17-41(33)24-44-21-31-12-14-32(31)35(49-5)10-6-8-27(2)23-52(47,43-40(46)37-19-28(3)38(51-37)22-48-4)42-39(45)30-13-16-36(50-25-41)34(44)20-30/h6,10-11,13,15-16,18-20,27,31-32,35H,7-9,12,14,17,21-25H2,1-5H3,(H,42,43,45,46,47)/b10-6+/t27-,31-,32+,35-,41-,52?/m0/s1. The van der Waals surface area contributed by atoms with Gasteiger partial charge >= 0.3 is 0 Å².